The predicted molar refractivity (Wildman–Crippen MR) is 75.0 cm³/mol. The van der Waals surface area contributed by atoms with Gasteiger partial charge in [-0.05, 0) is 26.2 Å². The number of rotatable bonds is 8. The summed E-state index contributed by atoms with van der Waals surface area (Å²) in [7, 11) is 1.65. The number of ether oxygens (including phenoxy) is 1. The molecule has 1 atom stereocenters. The fourth-order valence-electron chi connectivity index (χ4n) is 2.40. The topological polar surface area (TPSA) is 70.6 Å². The molecule has 1 aliphatic carbocycles. The number of carbonyl (C=O) groups excluding carboxylic acids is 1. The Kier molecular flexibility index (Phi) is 7.34. The highest BCUT2D eigenvalue weighted by Gasteiger charge is 2.29. The summed E-state index contributed by atoms with van der Waals surface area (Å²) in [4.78, 5) is 11.8. The summed E-state index contributed by atoms with van der Waals surface area (Å²) in [5.41, 5.74) is -0.622. The molecule has 0 heterocycles. The minimum absolute atomic E-state index is 0.0180. The number of carbonyl (C=O) groups is 1. The maximum Gasteiger partial charge on any atom is 0.236 e. The van der Waals surface area contributed by atoms with E-state index in [4.69, 9.17) is 4.74 Å². The minimum atomic E-state index is -0.622. The lowest BCUT2D eigenvalue weighted by atomic mass is 9.85. The van der Waals surface area contributed by atoms with Gasteiger partial charge in [0.2, 0.25) is 5.91 Å². The first kappa shape index (κ1) is 16.4. The van der Waals surface area contributed by atoms with E-state index in [1.54, 1.807) is 7.11 Å². The van der Waals surface area contributed by atoms with Crippen molar-refractivity contribution in [2.75, 3.05) is 26.8 Å². The Morgan fingerprint density at radius 2 is 2.05 bits per heavy atom. The number of hydrogen-bond donors (Lipinski definition) is 3. The molecular weight excluding hydrogens is 244 g/mol. The summed E-state index contributed by atoms with van der Waals surface area (Å²) in [5.74, 6) is -0.0180. The molecule has 0 spiro atoms. The van der Waals surface area contributed by atoms with E-state index in [1.807, 2.05) is 6.92 Å². The van der Waals surface area contributed by atoms with Crippen LogP contribution in [0.2, 0.25) is 0 Å². The van der Waals surface area contributed by atoms with Crippen LogP contribution in [0.3, 0.4) is 0 Å². The van der Waals surface area contributed by atoms with Gasteiger partial charge in [-0.25, -0.2) is 0 Å². The molecule has 1 unspecified atom stereocenters. The van der Waals surface area contributed by atoms with Crippen LogP contribution in [-0.4, -0.2) is 49.5 Å². The van der Waals surface area contributed by atoms with Crippen LogP contribution in [0.1, 0.15) is 45.4 Å². The van der Waals surface area contributed by atoms with E-state index in [-0.39, 0.29) is 11.9 Å². The van der Waals surface area contributed by atoms with Gasteiger partial charge in [-0.1, -0.05) is 19.3 Å². The van der Waals surface area contributed by atoms with E-state index in [9.17, 15) is 9.90 Å². The van der Waals surface area contributed by atoms with Crippen LogP contribution in [0.25, 0.3) is 0 Å². The van der Waals surface area contributed by atoms with Crippen molar-refractivity contribution in [1.29, 1.82) is 0 Å². The van der Waals surface area contributed by atoms with Gasteiger partial charge >= 0.3 is 0 Å². The number of amides is 1. The van der Waals surface area contributed by atoms with E-state index in [0.717, 1.165) is 32.1 Å². The summed E-state index contributed by atoms with van der Waals surface area (Å²) < 4.78 is 4.92. The number of methoxy groups -OCH3 is 1. The molecule has 1 aliphatic rings. The lowest BCUT2D eigenvalue weighted by molar-refractivity contribution is -0.123. The van der Waals surface area contributed by atoms with E-state index >= 15 is 0 Å². The van der Waals surface area contributed by atoms with Crippen LogP contribution < -0.4 is 10.6 Å². The quantitative estimate of drug-likeness (QED) is 0.572. The average molecular weight is 272 g/mol. The maximum absolute atomic E-state index is 11.8. The summed E-state index contributed by atoms with van der Waals surface area (Å²) in [6, 6.07) is -0.270. The molecule has 0 radical (unpaired) electrons. The molecule has 0 aliphatic heterocycles. The molecule has 1 amide bonds. The van der Waals surface area contributed by atoms with Crippen molar-refractivity contribution >= 4 is 5.91 Å². The third-order valence-electron chi connectivity index (χ3n) is 3.74. The van der Waals surface area contributed by atoms with E-state index < -0.39 is 5.60 Å². The first-order chi connectivity index (χ1) is 9.07. The minimum Gasteiger partial charge on any atom is -0.389 e. The van der Waals surface area contributed by atoms with Gasteiger partial charge in [0.05, 0.1) is 11.6 Å². The molecule has 1 fully saturated rings. The molecule has 0 aromatic rings. The SMILES string of the molecule is COCCCNC(=O)C(C)NCC1(O)CCCCC1. The highest BCUT2D eigenvalue weighted by atomic mass is 16.5. The van der Waals surface area contributed by atoms with Gasteiger partial charge in [-0.2, -0.15) is 0 Å². The Labute approximate surface area is 116 Å². The molecule has 5 heteroatoms. The first-order valence-electron chi connectivity index (χ1n) is 7.30. The van der Waals surface area contributed by atoms with E-state index in [1.165, 1.54) is 6.42 Å². The van der Waals surface area contributed by atoms with Gasteiger partial charge in [0.15, 0.2) is 0 Å². The van der Waals surface area contributed by atoms with Crippen molar-refractivity contribution in [2.24, 2.45) is 0 Å². The summed E-state index contributed by atoms with van der Waals surface area (Å²) >= 11 is 0. The first-order valence-corrected chi connectivity index (χ1v) is 7.30. The second kappa shape index (κ2) is 8.51. The zero-order valence-corrected chi connectivity index (χ0v) is 12.2. The van der Waals surface area contributed by atoms with Crippen LogP contribution in [0, 0.1) is 0 Å². The molecule has 3 N–H and O–H groups in total. The Morgan fingerprint density at radius 1 is 1.37 bits per heavy atom. The third-order valence-corrected chi connectivity index (χ3v) is 3.74. The fraction of sp³-hybridized carbons (Fsp3) is 0.929. The van der Waals surface area contributed by atoms with E-state index in [2.05, 4.69) is 10.6 Å². The van der Waals surface area contributed by atoms with Crippen LogP contribution >= 0.6 is 0 Å². The highest BCUT2D eigenvalue weighted by Crippen LogP contribution is 2.27. The number of nitrogens with one attached hydrogen (secondary N) is 2. The van der Waals surface area contributed by atoms with E-state index in [0.29, 0.717) is 19.7 Å². The molecular formula is C14H28N2O3. The van der Waals surface area contributed by atoms with Crippen molar-refractivity contribution in [2.45, 2.75) is 57.1 Å². The smallest absolute Gasteiger partial charge is 0.236 e. The molecule has 5 nitrogen and oxygen atoms in total. The summed E-state index contributed by atoms with van der Waals surface area (Å²) in [6.07, 6.45) is 5.85. The fourth-order valence-corrected chi connectivity index (χ4v) is 2.40. The van der Waals surface area contributed by atoms with Crippen molar-refractivity contribution in [3.05, 3.63) is 0 Å². The van der Waals surface area contributed by atoms with Gasteiger partial charge in [0, 0.05) is 26.8 Å². The monoisotopic (exact) mass is 272 g/mol. The maximum atomic E-state index is 11.8. The Bertz CT molecular complexity index is 265. The van der Waals surface area contributed by atoms with Crippen molar-refractivity contribution in [1.82, 2.24) is 10.6 Å². The number of aliphatic hydroxyl groups is 1. The van der Waals surface area contributed by atoms with Crippen molar-refractivity contribution in [3.63, 3.8) is 0 Å². The van der Waals surface area contributed by atoms with Crippen LogP contribution in [0.4, 0.5) is 0 Å². The van der Waals surface area contributed by atoms with Gasteiger partial charge in [-0.15, -0.1) is 0 Å². The third kappa shape index (κ3) is 6.36. The van der Waals surface area contributed by atoms with Gasteiger partial charge in [0.1, 0.15) is 0 Å². The Balaban J connectivity index is 2.18. The summed E-state index contributed by atoms with van der Waals surface area (Å²) in [5, 5.41) is 16.3. The zero-order valence-electron chi connectivity index (χ0n) is 12.2. The van der Waals surface area contributed by atoms with Crippen LogP contribution in [0.5, 0.6) is 0 Å². The molecule has 1 saturated carbocycles. The molecule has 112 valence electrons. The predicted octanol–water partition coefficient (Wildman–Crippen LogP) is 0.812. The van der Waals surface area contributed by atoms with Crippen LogP contribution in [-0.2, 0) is 9.53 Å². The molecule has 19 heavy (non-hydrogen) atoms. The second-order valence-corrected chi connectivity index (χ2v) is 5.52. The summed E-state index contributed by atoms with van der Waals surface area (Å²) in [6.45, 7) is 3.61. The lowest BCUT2D eigenvalue weighted by Crippen LogP contribution is -2.49. The Hall–Kier alpha value is -0.650. The lowest BCUT2D eigenvalue weighted by Gasteiger charge is -2.33. The molecule has 0 aromatic carbocycles. The van der Waals surface area contributed by atoms with Crippen molar-refractivity contribution < 1.29 is 14.6 Å². The van der Waals surface area contributed by atoms with Crippen LogP contribution in [0.15, 0.2) is 0 Å². The largest absolute Gasteiger partial charge is 0.389 e. The average Bonchev–Trinajstić information content (AvgIpc) is 2.41. The Morgan fingerprint density at radius 3 is 2.68 bits per heavy atom. The van der Waals surface area contributed by atoms with Crippen molar-refractivity contribution in [3.8, 4) is 0 Å². The molecule has 0 saturated heterocycles. The zero-order chi connectivity index (χ0) is 14.1. The standard InChI is InChI=1S/C14H28N2O3/c1-12(13(17)15-9-6-10-19-2)16-11-14(18)7-4-3-5-8-14/h12,16,18H,3-11H2,1-2H3,(H,15,17). The number of hydrogen-bond acceptors (Lipinski definition) is 4. The van der Waals surface area contributed by atoms with Gasteiger partial charge in [-0.3, -0.25) is 4.79 Å². The second-order valence-electron chi connectivity index (χ2n) is 5.52. The normalized spacial score (nSPS) is 19.9. The molecule has 0 aromatic heterocycles. The molecule has 0 bridgehead atoms. The highest BCUT2D eigenvalue weighted by molar-refractivity contribution is 5.81. The van der Waals surface area contributed by atoms with Gasteiger partial charge < -0.3 is 20.5 Å². The molecule has 1 rings (SSSR count). The van der Waals surface area contributed by atoms with Gasteiger partial charge in [0.25, 0.3) is 0 Å².